The lowest BCUT2D eigenvalue weighted by Crippen LogP contribution is -2.02. The van der Waals surface area contributed by atoms with Crippen molar-refractivity contribution in [2.45, 2.75) is 0 Å². The molecular formula is C50H28N4O. The van der Waals surface area contributed by atoms with Crippen LogP contribution in [0.25, 0.3) is 99.2 Å². The summed E-state index contributed by atoms with van der Waals surface area (Å²) in [5.74, 6) is 0. The average molecular weight is 701 g/mol. The number of benzene rings is 8. The molecule has 0 saturated carbocycles. The van der Waals surface area contributed by atoms with E-state index in [4.69, 9.17) is 4.42 Å². The molecule has 0 atom stereocenters. The van der Waals surface area contributed by atoms with Gasteiger partial charge in [-0.3, -0.25) is 0 Å². The van der Waals surface area contributed by atoms with E-state index in [1.54, 1.807) is 6.07 Å². The summed E-state index contributed by atoms with van der Waals surface area (Å²) in [6, 6.07) is 62.9. The van der Waals surface area contributed by atoms with Gasteiger partial charge in [-0.05, 0) is 54.6 Å². The molecule has 0 fully saturated rings. The summed E-state index contributed by atoms with van der Waals surface area (Å²) in [5, 5.41) is 27.6. The minimum absolute atomic E-state index is 0.518. The van der Waals surface area contributed by atoms with Crippen molar-refractivity contribution < 1.29 is 4.42 Å². The summed E-state index contributed by atoms with van der Waals surface area (Å²) in [6.07, 6.45) is 0. The van der Waals surface area contributed by atoms with Crippen molar-refractivity contribution in [2.75, 3.05) is 0 Å². The monoisotopic (exact) mass is 700 g/mol. The smallest absolute Gasteiger partial charge is 0.145 e. The second kappa shape index (κ2) is 11.8. The molecule has 0 bridgehead atoms. The lowest BCUT2D eigenvalue weighted by atomic mass is 9.90. The van der Waals surface area contributed by atoms with Gasteiger partial charge in [0.15, 0.2) is 0 Å². The third-order valence-corrected chi connectivity index (χ3v) is 11.0. The SMILES string of the molecule is N#Cc1ccccc1-c1cccc(-c2ccc(-n3c4ccccc4c4c5oc6ccccc6c5ccc43)cc2-n2c3ccccc3c3ccccc32)c1C#N. The molecule has 5 heteroatoms. The Morgan fingerprint density at radius 1 is 0.418 bits per heavy atom. The van der Waals surface area contributed by atoms with Gasteiger partial charge in [-0.15, -0.1) is 0 Å². The predicted octanol–water partition coefficient (Wildman–Crippen LogP) is 12.9. The van der Waals surface area contributed by atoms with Gasteiger partial charge in [0, 0.05) is 54.9 Å². The molecule has 254 valence electrons. The van der Waals surface area contributed by atoms with Crippen LogP contribution < -0.4 is 0 Å². The normalized spacial score (nSPS) is 11.6. The van der Waals surface area contributed by atoms with E-state index in [1.165, 1.54) is 0 Å². The number of furan rings is 1. The molecule has 8 aromatic carbocycles. The molecule has 0 N–H and O–H groups in total. The minimum Gasteiger partial charge on any atom is -0.455 e. The van der Waals surface area contributed by atoms with Crippen LogP contribution in [0, 0.1) is 22.7 Å². The van der Waals surface area contributed by atoms with E-state index >= 15 is 0 Å². The summed E-state index contributed by atoms with van der Waals surface area (Å²) in [7, 11) is 0. The lowest BCUT2D eigenvalue weighted by Gasteiger charge is -2.19. The van der Waals surface area contributed by atoms with Gasteiger partial charge in [0.1, 0.15) is 17.2 Å². The van der Waals surface area contributed by atoms with E-state index in [2.05, 4.69) is 137 Å². The molecule has 0 unspecified atom stereocenters. The van der Waals surface area contributed by atoms with Crippen molar-refractivity contribution in [1.29, 1.82) is 10.5 Å². The zero-order chi connectivity index (χ0) is 36.6. The highest BCUT2D eigenvalue weighted by Crippen LogP contribution is 2.44. The number of hydrogen-bond donors (Lipinski definition) is 0. The van der Waals surface area contributed by atoms with Crippen molar-refractivity contribution in [2.24, 2.45) is 0 Å². The van der Waals surface area contributed by atoms with Gasteiger partial charge < -0.3 is 13.6 Å². The third kappa shape index (κ3) is 4.39. The topological polar surface area (TPSA) is 70.6 Å². The maximum absolute atomic E-state index is 10.9. The van der Waals surface area contributed by atoms with Gasteiger partial charge in [0.05, 0.1) is 50.3 Å². The molecule has 55 heavy (non-hydrogen) atoms. The first-order chi connectivity index (χ1) is 27.2. The molecule has 3 aromatic heterocycles. The van der Waals surface area contributed by atoms with Crippen LogP contribution in [0.15, 0.2) is 174 Å². The van der Waals surface area contributed by atoms with Crippen LogP contribution in [0.2, 0.25) is 0 Å². The fourth-order valence-corrected chi connectivity index (χ4v) is 8.70. The maximum atomic E-state index is 10.9. The second-order valence-electron chi connectivity index (χ2n) is 13.9. The van der Waals surface area contributed by atoms with E-state index < -0.39 is 0 Å². The number of para-hydroxylation sites is 4. The predicted molar refractivity (Wildman–Crippen MR) is 223 cm³/mol. The number of nitriles is 2. The average Bonchev–Trinajstić information content (AvgIpc) is 3.91. The van der Waals surface area contributed by atoms with Gasteiger partial charge in [-0.2, -0.15) is 10.5 Å². The first kappa shape index (κ1) is 30.7. The first-order valence-corrected chi connectivity index (χ1v) is 18.2. The Bertz CT molecular complexity index is 3420. The summed E-state index contributed by atoms with van der Waals surface area (Å²) in [5.41, 5.74) is 12.1. The Kier molecular flexibility index (Phi) is 6.61. The van der Waals surface area contributed by atoms with E-state index in [0.29, 0.717) is 11.1 Å². The number of nitrogens with zero attached hydrogens (tertiary/aromatic N) is 4. The van der Waals surface area contributed by atoms with Gasteiger partial charge in [0.25, 0.3) is 0 Å². The Balaban J connectivity index is 1.25. The van der Waals surface area contributed by atoms with E-state index in [9.17, 15) is 10.5 Å². The third-order valence-electron chi connectivity index (χ3n) is 11.0. The zero-order valence-electron chi connectivity index (χ0n) is 29.4. The Morgan fingerprint density at radius 2 is 1.02 bits per heavy atom. The van der Waals surface area contributed by atoms with Crippen molar-refractivity contribution in [3.63, 3.8) is 0 Å². The molecule has 5 nitrogen and oxygen atoms in total. The summed E-state index contributed by atoms with van der Waals surface area (Å²) < 4.78 is 11.2. The molecule has 11 aromatic rings. The summed E-state index contributed by atoms with van der Waals surface area (Å²) in [6.45, 7) is 0. The lowest BCUT2D eigenvalue weighted by molar-refractivity contribution is 0.673. The number of hydrogen-bond acceptors (Lipinski definition) is 3. The molecule has 0 amide bonds. The van der Waals surface area contributed by atoms with E-state index in [0.717, 1.165) is 99.2 Å². The van der Waals surface area contributed by atoms with Crippen LogP contribution in [-0.2, 0) is 0 Å². The molecule has 0 spiro atoms. The highest BCUT2D eigenvalue weighted by Gasteiger charge is 2.23. The van der Waals surface area contributed by atoms with Gasteiger partial charge in [0.2, 0.25) is 0 Å². The van der Waals surface area contributed by atoms with Crippen LogP contribution in [0.3, 0.4) is 0 Å². The Hall–Kier alpha value is -7.86. The molecule has 0 radical (unpaired) electrons. The van der Waals surface area contributed by atoms with E-state index in [-0.39, 0.29) is 0 Å². The number of rotatable bonds is 4. The maximum Gasteiger partial charge on any atom is 0.145 e. The summed E-state index contributed by atoms with van der Waals surface area (Å²) >= 11 is 0. The molecule has 0 aliphatic rings. The quantitative estimate of drug-likeness (QED) is 0.183. The molecular weight excluding hydrogens is 673 g/mol. The van der Waals surface area contributed by atoms with Crippen molar-refractivity contribution in [3.05, 3.63) is 181 Å². The summed E-state index contributed by atoms with van der Waals surface area (Å²) in [4.78, 5) is 0. The number of aromatic nitrogens is 2. The van der Waals surface area contributed by atoms with Crippen molar-refractivity contribution >= 4 is 65.6 Å². The van der Waals surface area contributed by atoms with Gasteiger partial charge in [-0.25, -0.2) is 0 Å². The fourth-order valence-electron chi connectivity index (χ4n) is 8.70. The molecule has 3 heterocycles. The van der Waals surface area contributed by atoms with Crippen LogP contribution in [-0.4, -0.2) is 9.13 Å². The molecule has 0 aliphatic heterocycles. The van der Waals surface area contributed by atoms with Gasteiger partial charge >= 0.3 is 0 Å². The first-order valence-electron chi connectivity index (χ1n) is 18.2. The highest BCUT2D eigenvalue weighted by atomic mass is 16.3. The molecule has 11 rings (SSSR count). The fraction of sp³-hybridized carbons (Fsp3) is 0. The standard InChI is InChI=1S/C50H28N4O/c51-29-31-12-1-2-13-33(31)34-18-11-19-35(42(34)30-52)38-25-24-32(28-47(38)54-43-20-7-3-14-36(43)37-15-4-8-21-44(37)54)53-45-22-9-5-17-41(45)49-46(53)27-26-40-39-16-6-10-23-48(39)55-50(40)49/h1-28H. The number of fused-ring (bicyclic) bond motifs is 10. The zero-order valence-corrected chi connectivity index (χ0v) is 29.4. The van der Waals surface area contributed by atoms with Crippen molar-refractivity contribution in [3.8, 4) is 45.8 Å². The van der Waals surface area contributed by atoms with Crippen LogP contribution in [0.4, 0.5) is 0 Å². The molecule has 0 saturated heterocycles. The minimum atomic E-state index is 0.518. The molecule has 0 aliphatic carbocycles. The Labute approximate surface area is 315 Å². The van der Waals surface area contributed by atoms with Crippen molar-refractivity contribution in [1.82, 2.24) is 9.13 Å². The Morgan fingerprint density at radius 3 is 1.75 bits per heavy atom. The largest absolute Gasteiger partial charge is 0.455 e. The van der Waals surface area contributed by atoms with Crippen LogP contribution in [0.1, 0.15) is 11.1 Å². The van der Waals surface area contributed by atoms with E-state index in [1.807, 2.05) is 48.5 Å². The van der Waals surface area contributed by atoms with Crippen LogP contribution in [0.5, 0.6) is 0 Å². The second-order valence-corrected chi connectivity index (χ2v) is 13.9. The van der Waals surface area contributed by atoms with Gasteiger partial charge in [-0.1, -0.05) is 115 Å². The highest BCUT2D eigenvalue weighted by molar-refractivity contribution is 6.24. The van der Waals surface area contributed by atoms with Crippen LogP contribution >= 0.6 is 0 Å².